The molecule has 1 fully saturated rings. The fourth-order valence-electron chi connectivity index (χ4n) is 7.22. The molecule has 0 N–H and O–H groups in total. The van der Waals surface area contributed by atoms with Crippen molar-refractivity contribution in [3.05, 3.63) is 132 Å². The summed E-state index contributed by atoms with van der Waals surface area (Å²) in [6.07, 6.45) is -0.0847. The summed E-state index contributed by atoms with van der Waals surface area (Å²) in [5.41, 5.74) is 1.26. The SMILES string of the molecule is CC(C)(C)OC(=O)N1[C@H](CCC=O)[C@@H](OCc2ccccc2)[C@H](OCc2ccccc2)[C@H]1CO[Si](c1ccccc1)(c1ccccc1)C(C)(C)C. The molecular weight excluding hydrogens is 655 g/mol. The quantitative estimate of drug-likeness (QED) is 0.0989. The molecule has 0 spiro atoms. The molecule has 1 aliphatic rings. The van der Waals surface area contributed by atoms with E-state index in [2.05, 4.69) is 69.3 Å². The van der Waals surface area contributed by atoms with Crippen LogP contribution in [0.2, 0.25) is 5.04 Å². The Morgan fingerprint density at radius 1 is 0.667 bits per heavy atom. The van der Waals surface area contributed by atoms with Crippen LogP contribution in [0.4, 0.5) is 4.79 Å². The van der Waals surface area contributed by atoms with Crippen LogP contribution in [0.1, 0.15) is 65.5 Å². The van der Waals surface area contributed by atoms with Gasteiger partial charge in [0.1, 0.15) is 24.1 Å². The van der Waals surface area contributed by atoms with Gasteiger partial charge in [0, 0.05) is 6.42 Å². The van der Waals surface area contributed by atoms with Gasteiger partial charge >= 0.3 is 6.09 Å². The lowest BCUT2D eigenvalue weighted by atomic mass is 10.0. The van der Waals surface area contributed by atoms with E-state index in [1.54, 1.807) is 4.90 Å². The molecule has 4 atom stereocenters. The largest absolute Gasteiger partial charge is 0.444 e. The lowest BCUT2D eigenvalue weighted by Crippen LogP contribution is -2.67. The Bertz CT molecular complexity index is 1620. The summed E-state index contributed by atoms with van der Waals surface area (Å²) in [5, 5.41) is 1.99. The van der Waals surface area contributed by atoms with Crippen molar-refractivity contribution in [2.45, 2.75) is 103 Å². The van der Waals surface area contributed by atoms with Crippen molar-refractivity contribution in [2.24, 2.45) is 0 Å². The van der Waals surface area contributed by atoms with Crippen LogP contribution in [0.25, 0.3) is 0 Å². The van der Waals surface area contributed by atoms with Crippen LogP contribution in [-0.2, 0) is 36.6 Å². The van der Waals surface area contributed by atoms with Gasteiger partial charge in [-0.1, -0.05) is 142 Å². The lowest BCUT2D eigenvalue weighted by Gasteiger charge is -2.44. The Hall–Kier alpha value is -4.08. The second-order valence-corrected chi connectivity index (χ2v) is 19.6. The number of hydrogen-bond acceptors (Lipinski definition) is 6. The van der Waals surface area contributed by atoms with Gasteiger partial charge in [0.05, 0.1) is 31.9 Å². The summed E-state index contributed by atoms with van der Waals surface area (Å²) < 4.78 is 27.2. The van der Waals surface area contributed by atoms with Gasteiger partial charge < -0.3 is 23.4 Å². The highest BCUT2D eigenvalue weighted by Gasteiger charge is 2.56. The average Bonchev–Trinajstić information content (AvgIpc) is 3.41. The molecule has 1 amide bonds. The topological polar surface area (TPSA) is 74.3 Å². The molecule has 1 heterocycles. The maximum Gasteiger partial charge on any atom is 0.411 e. The molecule has 0 bridgehead atoms. The minimum absolute atomic E-state index is 0.175. The number of hydrogen-bond donors (Lipinski definition) is 0. The zero-order valence-corrected chi connectivity index (χ0v) is 31.9. The van der Waals surface area contributed by atoms with Gasteiger partial charge in [-0.2, -0.15) is 0 Å². The van der Waals surface area contributed by atoms with Crippen molar-refractivity contribution in [2.75, 3.05) is 6.61 Å². The minimum atomic E-state index is -3.02. The van der Waals surface area contributed by atoms with Crippen LogP contribution in [0.5, 0.6) is 0 Å². The van der Waals surface area contributed by atoms with E-state index in [1.807, 2.05) is 93.6 Å². The first-order valence-corrected chi connectivity index (χ1v) is 19.9. The van der Waals surface area contributed by atoms with E-state index in [0.29, 0.717) is 19.6 Å². The summed E-state index contributed by atoms with van der Waals surface area (Å²) in [6, 6.07) is 39.8. The van der Waals surface area contributed by atoms with Crippen molar-refractivity contribution in [1.82, 2.24) is 4.90 Å². The summed E-state index contributed by atoms with van der Waals surface area (Å²) in [5.74, 6) is 0. The zero-order valence-electron chi connectivity index (χ0n) is 30.9. The molecule has 1 aliphatic heterocycles. The molecule has 0 aromatic heterocycles. The Labute approximate surface area is 305 Å². The zero-order chi connectivity index (χ0) is 36.5. The Morgan fingerprint density at radius 2 is 1.10 bits per heavy atom. The van der Waals surface area contributed by atoms with Crippen molar-refractivity contribution < 1.29 is 28.2 Å². The molecule has 270 valence electrons. The third-order valence-electron chi connectivity index (χ3n) is 9.44. The van der Waals surface area contributed by atoms with Gasteiger partial charge in [0.15, 0.2) is 0 Å². The summed E-state index contributed by atoms with van der Waals surface area (Å²) in [6.45, 7) is 13.1. The van der Waals surface area contributed by atoms with Crippen LogP contribution in [0, 0.1) is 0 Å². The summed E-state index contributed by atoms with van der Waals surface area (Å²) >= 11 is 0. The molecule has 0 radical (unpaired) electrons. The number of aldehydes is 1. The highest BCUT2D eigenvalue weighted by atomic mass is 28.4. The number of carbonyl (C=O) groups is 2. The first-order chi connectivity index (χ1) is 24.4. The van der Waals surface area contributed by atoms with Crippen LogP contribution in [0.3, 0.4) is 0 Å². The highest BCUT2D eigenvalue weighted by molar-refractivity contribution is 6.99. The first kappa shape index (κ1) is 38.2. The number of benzene rings is 4. The minimum Gasteiger partial charge on any atom is -0.444 e. The smallest absolute Gasteiger partial charge is 0.411 e. The molecule has 0 unspecified atom stereocenters. The second-order valence-electron chi connectivity index (χ2n) is 15.3. The molecule has 5 rings (SSSR count). The lowest BCUT2D eigenvalue weighted by molar-refractivity contribution is -0.108. The molecule has 8 heteroatoms. The number of rotatable bonds is 14. The van der Waals surface area contributed by atoms with Gasteiger partial charge in [-0.25, -0.2) is 4.79 Å². The Balaban J connectivity index is 1.63. The predicted octanol–water partition coefficient (Wildman–Crippen LogP) is 7.70. The summed E-state index contributed by atoms with van der Waals surface area (Å²) in [4.78, 5) is 28.0. The predicted molar refractivity (Wildman–Crippen MR) is 205 cm³/mol. The highest BCUT2D eigenvalue weighted by Crippen LogP contribution is 2.40. The van der Waals surface area contributed by atoms with E-state index < -0.39 is 44.3 Å². The fourth-order valence-corrected chi connectivity index (χ4v) is 11.8. The first-order valence-electron chi connectivity index (χ1n) is 18.0. The summed E-state index contributed by atoms with van der Waals surface area (Å²) in [7, 11) is -3.02. The van der Waals surface area contributed by atoms with Gasteiger partial charge in [0.2, 0.25) is 0 Å². The number of likely N-dealkylation sites (tertiary alicyclic amines) is 1. The molecule has 51 heavy (non-hydrogen) atoms. The van der Waals surface area contributed by atoms with Crippen LogP contribution < -0.4 is 10.4 Å². The maximum atomic E-state index is 14.4. The van der Waals surface area contributed by atoms with Gasteiger partial charge in [-0.3, -0.25) is 4.90 Å². The van der Waals surface area contributed by atoms with Crippen molar-refractivity contribution in [1.29, 1.82) is 0 Å². The van der Waals surface area contributed by atoms with Crippen molar-refractivity contribution in [3.8, 4) is 0 Å². The van der Waals surface area contributed by atoms with E-state index in [-0.39, 0.29) is 18.1 Å². The second kappa shape index (κ2) is 17.0. The van der Waals surface area contributed by atoms with E-state index in [9.17, 15) is 9.59 Å². The van der Waals surface area contributed by atoms with E-state index >= 15 is 0 Å². The molecule has 0 saturated carbocycles. The number of nitrogens with zero attached hydrogens (tertiary/aromatic N) is 1. The average molecular weight is 708 g/mol. The van der Waals surface area contributed by atoms with Gasteiger partial charge in [0.25, 0.3) is 8.32 Å². The Morgan fingerprint density at radius 3 is 1.51 bits per heavy atom. The number of carbonyl (C=O) groups excluding carboxylic acids is 2. The van der Waals surface area contributed by atoms with Gasteiger partial charge in [-0.15, -0.1) is 0 Å². The van der Waals surface area contributed by atoms with Crippen LogP contribution >= 0.6 is 0 Å². The van der Waals surface area contributed by atoms with E-state index in [0.717, 1.165) is 27.8 Å². The third kappa shape index (κ3) is 9.24. The molecule has 1 saturated heterocycles. The molecule has 0 aliphatic carbocycles. The number of ether oxygens (including phenoxy) is 3. The normalized spacial score (nSPS) is 19.5. The standard InChI is InChI=1S/C43H53NO6Si/c1-42(2,3)50-41(46)44-37(28-19-29-45)39(47-30-33-20-11-7-12-21-33)40(48-31-34-22-13-8-14-23-34)38(44)32-49-51(43(4,5)6,35-24-15-9-16-25-35)36-26-17-10-18-27-36/h7-18,20-27,29,37-40H,19,28,30-32H2,1-6H3/t37-,38-,39-,40-/m1/s1. The van der Waals surface area contributed by atoms with Crippen molar-refractivity contribution in [3.63, 3.8) is 0 Å². The van der Waals surface area contributed by atoms with E-state index in [4.69, 9.17) is 18.6 Å². The third-order valence-corrected chi connectivity index (χ3v) is 14.4. The van der Waals surface area contributed by atoms with Crippen LogP contribution in [0.15, 0.2) is 121 Å². The van der Waals surface area contributed by atoms with Crippen LogP contribution in [-0.4, -0.2) is 62.1 Å². The van der Waals surface area contributed by atoms with E-state index in [1.165, 1.54) is 0 Å². The van der Waals surface area contributed by atoms with Crippen molar-refractivity contribution >= 4 is 31.1 Å². The maximum absolute atomic E-state index is 14.4. The molecular formula is C43H53NO6Si. The monoisotopic (exact) mass is 707 g/mol. The van der Waals surface area contributed by atoms with Gasteiger partial charge in [-0.05, 0) is 53.7 Å². The molecule has 7 nitrogen and oxygen atoms in total. The number of amides is 1. The molecule has 4 aromatic rings. The Kier molecular flexibility index (Phi) is 12.7. The molecule has 4 aromatic carbocycles. The fraction of sp³-hybridized carbons (Fsp3) is 0.395.